The summed E-state index contributed by atoms with van der Waals surface area (Å²) in [5.41, 5.74) is 2.49. The lowest BCUT2D eigenvalue weighted by Crippen LogP contribution is -2.32. The Kier molecular flexibility index (Phi) is 4.94. The minimum absolute atomic E-state index is 0.176. The van der Waals surface area contributed by atoms with Crippen molar-refractivity contribution in [1.82, 2.24) is 0 Å². The van der Waals surface area contributed by atoms with Gasteiger partial charge in [0.2, 0.25) is 11.4 Å². The predicted molar refractivity (Wildman–Crippen MR) is 107 cm³/mol. The van der Waals surface area contributed by atoms with Gasteiger partial charge in [-0.25, -0.2) is 4.79 Å². The third kappa shape index (κ3) is 3.33. The molecule has 0 saturated heterocycles. The van der Waals surface area contributed by atoms with E-state index < -0.39 is 5.60 Å². The number of ketones is 1. The Morgan fingerprint density at radius 3 is 2.41 bits per heavy atom. The molecule has 4 rings (SSSR count). The predicted octanol–water partition coefficient (Wildman–Crippen LogP) is 3.97. The van der Waals surface area contributed by atoms with Crippen LogP contribution in [0, 0.1) is 0 Å². The fourth-order valence-corrected chi connectivity index (χ4v) is 3.77. The maximum Gasteiger partial charge on any atom is 0.350 e. The molecular weight excluding hydrogens is 372 g/mol. The van der Waals surface area contributed by atoms with Crippen LogP contribution >= 0.6 is 0 Å². The largest absolute Gasteiger partial charge is 0.493 e. The molecule has 2 aromatic carbocycles. The zero-order chi connectivity index (χ0) is 20.6. The van der Waals surface area contributed by atoms with Crippen molar-refractivity contribution >= 4 is 11.8 Å². The summed E-state index contributed by atoms with van der Waals surface area (Å²) in [7, 11) is 3.10. The molecule has 0 N–H and O–H groups in total. The van der Waals surface area contributed by atoms with Crippen molar-refractivity contribution in [3.63, 3.8) is 0 Å². The molecule has 0 aliphatic heterocycles. The van der Waals surface area contributed by atoms with Crippen molar-refractivity contribution in [1.29, 1.82) is 0 Å². The summed E-state index contributed by atoms with van der Waals surface area (Å²) < 4.78 is 22.5. The molecule has 2 aromatic rings. The fourth-order valence-electron chi connectivity index (χ4n) is 3.77. The molecule has 0 amide bonds. The Bertz CT molecular complexity index is 974. The number of carbonyl (C=O) groups is 2. The van der Waals surface area contributed by atoms with E-state index in [1.807, 2.05) is 30.3 Å². The van der Waals surface area contributed by atoms with Crippen LogP contribution in [0.1, 0.15) is 42.1 Å². The Morgan fingerprint density at radius 1 is 1.00 bits per heavy atom. The lowest BCUT2D eigenvalue weighted by Gasteiger charge is -2.22. The standard InChI is InChI=1S/C23H24O6/c1-4-28-22(25)23(11-12-23)29-20-17(8-10-19(26-2)21(20)27-3)15-5-7-16-14(13-15)6-9-18(16)24/h5,7-8,10,13H,4,6,9,11-12H2,1-3H3. The number of aryl methyl sites for hydroxylation is 1. The number of benzene rings is 2. The van der Waals surface area contributed by atoms with Crippen LogP contribution in [0.2, 0.25) is 0 Å². The first-order valence-electron chi connectivity index (χ1n) is 9.80. The molecular formula is C23H24O6. The molecule has 2 aliphatic rings. The van der Waals surface area contributed by atoms with Crippen LogP contribution in [0.5, 0.6) is 17.2 Å². The lowest BCUT2D eigenvalue weighted by atomic mass is 9.99. The van der Waals surface area contributed by atoms with E-state index in [9.17, 15) is 9.59 Å². The molecule has 0 unspecified atom stereocenters. The average molecular weight is 396 g/mol. The van der Waals surface area contributed by atoms with Gasteiger partial charge in [-0.3, -0.25) is 4.79 Å². The molecule has 0 heterocycles. The van der Waals surface area contributed by atoms with Crippen LogP contribution in [0.15, 0.2) is 30.3 Å². The highest BCUT2D eigenvalue weighted by Crippen LogP contribution is 2.50. The molecule has 6 heteroatoms. The fraction of sp³-hybridized carbons (Fsp3) is 0.391. The maximum atomic E-state index is 12.5. The molecule has 0 radical (unpaired) electrons. The number of carbonyl (C=O) groups excluding carboxylic acids is 2. The SMILES string of the molecule is CCOC(=O)C1(Oc2c(-c3ccc4c(c3)CCC4=O)ccc(OC)c2OC)CC1. The van der Waals surface area contributed by atoms with Gasteiger partial charge in [-0.2, -0.15) is 0 Å². The van der Waals surface area contributed by atoms with Gasteiger partial charge in [0, 0.05) is 30.4 Å². The van der Waals surface area contributed by atoms with Crippen LogP contribution in [0.25, 0.3) is 11.1 Å². The van der Waals surface area contributed by atoms with Crippen molar-refractivity contribution in [3.05, 3.63) is 41.5 Å². The van der Waals surface area contributed by atoms with Crippen LogP contribution < -0.4 is 14.2 Å². The molecule has 29 heavy (non-hydrogen) atoms. The van der Waals surface area contributed by atoms with Gasteiger partial charge < -0.3 is 18.9 Å². The van der Waals surface area contributed by atoms with E-state index in [-0.39, 0.29) is 11.8 Å². The Hall–Kier alpha value is -3.02. The topological polar surface area (TPSA) is 71.1 Å². The molecule has 1 fully saturated rings. The first-order valence-corrected chi connectivity index (χ1v) is 9.80. The van der Waals surface area contributed by atoms with Gasteiger partial charge in [0.1, 0.15) is 0 Å². The highest BCUT2D eigenvalue weighted by atomic mass is 16.6. The van der Waals surface area contributed by atoms with Gasteiger partial charge in [0.25, 0.3) is 0 Å². The van der Waals surface area contributed by atoms with Crippen LogP contribution in [0.4, 0.5) is 0 Å². The first kappa shape index (κ1) is 19.3. The van der Waals surface area contributed by atoms with E-state index in [1.165, 1.54) is 0 Å². The van der Waals surface area contributed by atoms with Crippen molar-refractivity contribution in [2.24, 2.45) is 0 Å². The van der Waals surface area contributed by atoms with Crippen molar-refractivity contribution in [3.8, 4) is 28.4 Å². The number of esters is 1. The van der Waals surface area contributed by atoms with Gasteiger partial charge >= 0.3 is 5.97 Å². The minimum Gasteiger partial charge on any atom is -0.493 e. The third-order valence-electron chi connectivity index (χ3n) is 5.49. The second-order valence-corrected chi connectivity index (χ2v) is 7.29. The highest BCUT2D eigenvalue weighted by molar-refractivity contribution is 6.01. The van der Waals surface area contributed by atoms with Gasteiger partial charge in [-0.15, -0.1) is 0 Å². The number of fused-ring (bicyclic) bond motifs is 1. The molecule has 152 valence electrons. The lowest BCUT2D eigenvalue weighted by molar-refractivity contribution is -0.153. The van der Waals surface area contributed by atoms with E-state index in [2.05, 4.69) is 0 Å². The Labute approximate surface area is 169 Å². The summed E-state index contributed by atoms with van der Waals surface area (Å²) in [5.74, 6) is 1.20. The zero-order valence-electron chi connectivity index (χ0n) is 16.9. The maximum absolute atomic E-state index is 12.5. The minimum atomic E-state index is -0.989. The van der Waals surface area contributed by atoms with E-state index in [0.717, 1.165) is 28.7 Å². The summed E-state index contributed by atoms with van der Waals surface area (Å²) in [5, 5.41) is 0. The van der Waals surface area contributed by atoms with Crippen molar-refractivity contribution in [2.75, 3.05) is 20.8 Å². The molecule has 6 nitrogen and oxygen atoms in total. The van der Waals surface area contributed by atoms with Crippen LogP contribution in [0.3, 0.4) is 0 Å². The Balaban J connectivity index is 1.81. The second kappa shape index (κ2) is 7.43. The molecule has 0 spiro atoms. The number of Topliss-reactive ketones (excluding diaryl/α,β-unsaturated/α-hetero) is 1. The Morgan fingerprint density at radius 2 is 1.76 bits per heavy atom. The number of hydrogen-bond donors (Lipinski definition) is 0. The summed E-state index contributed by atoms with van der Waals surface area (Å²) >= 11 is 0. The zero-order valence-corrected chi connectivity index (χ0v) is 16.9. The smallest absolute Gasteiger partial charge is 0.350 e. The third-order valence-corrected chi connectivity index (χ3v) is 5.49. The molecule has 0 bridgehead atoms. The number of rotatable bonds is 7. The van der Waals surface area contributed by atoms with Gasteiger partial charge in [-0.1, -0.05) is 18.2 Å². The average Bonchev–Trinajstić information content (AvgIpc) is 3.43. The van der Waals surface area contributed by atoms with Gasteiger partial charge in [0.15, 0.2) is 17.3 Å². The highest BCUT2D eigenvalue weighted by Gasteiger charge is 2.55. The number of methoxy groups -OCH3 is 2. The van der Waals surface area contributed by atoms with Gasteiger partial charge in [0.05, 0.1) is 20.8 Å². The summed E-state index contributed by atoms with van der Waals surface area (Å²) in [6.45, 7) is 2.07. The summed E-state index contributed by atoms with van der Waals surface area (Å²) in [4.78, 5) is 24.5. The van der Waals surface area contributed by atoms with Crippen LogP contribution in [-0.2, 0) is 16.0 Å². The van der Waals surface area contributed by atoms with E-state index >= 15 is 0 Å². The van der Waals surface area contributed by atoms with Crippen LogP contribution in [-0.4, -0.2) is 38.2 Å². The monoisotopic (exact) mass is 396 g/mol. The normalized spacial score (nSPS) is 16.2. The van der Waals surface area contributed by atoms with Crippen molar-refractivity contribution in [2.45, 2.75) is 38.2 Å². The molecule has 0 atom stereocenters. The van der Waals surface area contributed by atoms with Gasteiger partial charge in [-0.05, 0) is 36.6 Å². The molecule has 1 saturated carbocycles. The summed E-state index contributed by atoms with van der Waals surface area (Å²) in [6.07, 6.45) is 2.45. The van der Waals surface area contributed by atoms with E-state index in [0.29, 0.717) is 43.1 Å². The summed E-state index contributed by atoms with van der Waals surface area (Å²) in [6, 6.07) is 9.47. The molecule has 2 aliphatic carbocycles. The number of ether oxygens (including phenoxy) is 4. The number of hydrogen-bond acceptors (Lipinski definition) is 6. The first-order chi connectivity index (χ1) is 14.0. The van der Waals surface area contributed by atoms with E-state index in [4.69, 9.17) is 18.9 Å². The van der Waals surface area contributed by atoms with Crippen molar-refractivity contribution < 1.29 is 28.5 Å². The van der Waals surface area contributed by atoms with E-state index in [1.54, 1.807) is 21.1 Å². The quantitative estimate of drug-likeness (QED) is 0.660. The second-order valence-electron chi connectivity index (χ2n) is 7.29. The molecule has 0 aromatic heterocycles.